The Morgan fingerprint density at radius 3 is 2.50 bits per heavy atom. The Morgan fingerprint density at radius 2 is 1.94 bits per heavy atom. The Balaban J connectivity index is 2.20. The quantitative estimate of drug-likeness (QED) is 0.882. The molecule has 2 aromatic rings. The lowest BCUT2D eigenvalue weighted by molar-refractivity contribution is 0.430. The van der Waals surface area contributed by atoms with Gasteiger partial charge in [0.25, 0.3) is 0 Å². The molecule has 0 saturated carbocycles. The van der Waals surface area contributed by atoms with Crippen LogP contribution >= 0.6 is 34.8 Å². The summed E-state index contributed by atoms with van der Waals surface area (Å²) >= 11 is 17.8. The van der Waals surface area contributed by atoms with Gasteiger partial charge >= 0.3 is 0 Å². The first kappa shape index (κ1) is 13.8. The molecule has 1 aromatic heterocycles. The van der Waals surface area contributed by atoms with E-state index in [1.165, 1.54) is 0 Å². The second-order valence-electron chi connectivity index (χ2n) is 3.92. The van der Waals surface area contributed by atoms with Crippen LogP contribution in [0.15, 0.2) is 34.7 Å². The highest BCUT2D eigenvalue weighted by molar-refractivity contribution is 6.35. The summed E-state index contributed by atoms with van der Waals surface area (Å²) in [6, 6.07) is 9.08. The molecule has 0 radical (unpaired) electrons. The highest BCUT2D eigenvalue weighted by Crippen LogP contribution is 2.27. The molecule has 0 aliphatic heterocycles. The average molecular weight is 305 g/mol. The van der Waals surface area contributed by atoms with Gasteiger partial charge in [-0.3, -0.25) is 0 Å². The molecule has 0 bridgehead atoms. The minimum Gasteiger partial charge on any atom is -0.448 e. The van der Waals surface area contributed by atoms with Crippen LogP contribution in [0.5, 0.6) is 0 Å². The molecule has 2 nitrogen and oxygen atoms in total. The van der Waals surface area contributed by atoms with Gasteiger partial charge in [0.1, 0.15) is 5.76 Å². The first-order valence-corrected chi connectivity index (χ1v) is 6.60. The molecule has 0 fully saturated rings. The summed E-state index contributed by atoms with van der Waals surface area (Å²) in [7, 11) is 1.87. The largest absolute Gasteiger partial charge is 0.448 e. The van der Waals surface area contributed by atoms with E-state index in [4.69, 9.17) is 39.2 Å². The van der Waals surface area contributed by atoms with Gasteiger partial charge in [0.05, 0.1) is 6.04 Å². The molecule has 0 spiro atoms. The van der Waals surface area contributed by atoms with E-state index in [1.54, 1.807) is 12.1 Å². The van der Waals surface area contributed by atoms with E-state index in [2.05, 4.69) is 5.32 Å². The molecule has 2 rings (SSSR count). The number of rotatable bonds is 4. The van der Waals surface area contributed by atoms with Crippen molar-refractivity contribution >= 4 is 34.8 Å². The smallest absolute Gasteiger partial charge is 0.193 e. The zero-order chi connectivity index (χ0) is 13.1. The Morgan fingerprint density at radius 1 is 1.17 bits per heavy atom. The maximum absolute atomic E-state index is 6.15. The van der Waals surface area contributed by atoms with Crippen LogP contribution in [0.4, 0.5) is 0 Å². The lowest BCUT2D eigenvalue weighted by Crippen LogP contribution is -2.18. The maximum Gasteiger partial charge on any atom is 0.193 e. The molecule has 18 heavy (non-hydrogen) atoms. The van der Waals surface area contributed by atoms with Gasteiger partial charge in [0, 0.05) is 10.0 Å². The molecule has 0 saturated heterocycles. The van der Waals surface area contributed by atoms with Gasteiger partial charge in [-0.05, 0) is 54.9 Å². The molecule has 1 unspecified atom stereocenters. The highest BCUT2D eigenvalue weighted by atomic mass is 35.5. The monoisotopic (exact) mass is 303 g/mol. The molecule has 1 atom stereocenters. The van der Waals surface area contributed by atoms with E-state index in [-0.39, 0.29) is 6.04 Å². The Kier molecular flexibility index (Phi) is 4.57. The van der Waals surface area contributed by atoms with Crippen molar-refractivity contribution in [3.63, 3.8) is 0 Å². The van der Waals surface area contributed by atoms with Crippen LogP contribution in [0.25, 0.3) is 0 Å². The third kappa shape index (κ3) is 3.21. The normalized spacial score (nSPS) is 12.7. The fourth-order valence-electron chi connectivity index (χ4n) is 1.77. The van der Waals surface area contributed by atoms with Crippen LogP contribution in [0.2, 0.25) is 15.3 Å². The summed E-state index contributed by atoms with van der Waals surface area (Å²) in [5.74, 6) is 0.786. The van der Waals surface area contributed by atoms with Crippen LogP contribution in [-0.2, 0) is 6.42 Å². The standard InChI is InChI=1S/C13H12Cl3NO/c1-17-11(12-4-5-13(16)18-12)6-8-2-3-9(14)7-10(8)15/h2-5,7,11,17H,6H2,1H3. The summed E-state index contributed by atoms with van der Waals surface area (Å²) in [6.07, 6.45) is 0.705. The molecule has 96 valence electrons. The van der Waals surface area contributed by atoms with E-state index in [0.29, 0.717) is 21.7 Å². The van der Waals surface area contributed by atoms with Crippen molar-refractivity contribution in [3.8, 4) is 0 Å². The van der Waals surface area contributed by atoms with Crippen molar-refractivity contribution in [1.82, 2.24) is 5.32 Å². The van der Waals surface area contributed by atoms with Crippen molar-refractivity contribution in [2.45, 2.75) is 12.5 Å². The SMILES string of the molecule is CNC(Cc1ccc(Cl)cc1Cl)c1ccc(Cl)o1. The van der Waals surface area contributed by atoms with Crippen LogP contribution in [0.1, 0.15) is 17.4 Å². The first-order valence-electron chi connectivity index (χ1n) is 5.46. The second kappa shape index (κ2) is 5.98. The van der Waals surface area contributed by atoms with Gasteiger partial charge in [-0.25, -0.2) is 0 Å². The van der Waals surface area contributed by atoms with Gasteiger partial charge in [-0.2, -0.15) is 0 Å². The molecule has 1 N–H and O–H groups in total. The molecule has 0 amide bonds. The van der Waals surface area contributed by atoms with Crippen molar-refractivity contribution in [2.75, 3.05) is 7.05 Å². The van der Waals surface area contributed by atoms with Crippen molar-refractivity contribution in [3.05, 3.63) is 56.9 Å². The summed E-state index contributed by atoms with van der Waals surface area (Å²) in [4.78, 5) is 0. The summed E-state index contributed by atoms with van der Waals surface area (Å²) in [5.41, 5.74) is 1.01. The van der Waals surface area contributed by atoms with E-state index < -0.39 is 0 Å². The number of benzene rings is 1. The number of furan rings is 1. The van der Waals surface area contributed by atoms with Gasteiger partial charge < -0.3 is 9.73 Å². The number of likely N-dealkylation sites (N-methyl/N-ethyl adjacent to an activating group) is 1. The average Bonchev–Trinajstić information content (AvgIpc) is 2.75. The van der Waals surface area contributed by atoms with E-state index >= 15 is 0 Å². The minimum absolute atomic E-state index is 0.0242. The minimum atomic E-state index is 0.0242. The number of hydrogen-bond donors (Lipinski definition) is 1. The third-order valence-corrected chi connectivity index (χ3v) is 3.52. The predicted octanol–water partition coefficient (Wildman–Crippen LogP) is 4.74. The molecule has 1 heterocycles. The number of halogens is 3. The van der Waals surface area contributed by atoms with E-state index in [9.17, 15) is 0 Å². The summed E-state index contributed by atoms with van der Waals surface area (Å²) < 4.78 is 5.41. The third-order valence-electron chi connectivity index (χ3n) is 2.73. The molecule has 0 aliphatic carbocycles. The van der Waals surface area contributed by atoms with Crippen molar-refractivity contribution < 1.29 is 4.42 Å². The first-order chi connectivity index (χ1) is 8.60. The second-order valence-corrected chi connectivity index (χ2v) is 5.14. The predicted molar refractivity (Wildman–Crippen MR) is 75.7 cm³/mol. The highest BCUT2D eigenvalue weighted by Gasteiger charge is 2.15. The summed E-state index contributed by atoms with van der Waals surface area (Å²) in [5, 5.41) is 4.84. The van der Waals surface area contributed by atoms with Crippen molar-refractivity contribution in [2.24, 2.45) is 0 Å². The zero-order valence-corrected chi connectivity index (χ0v) is 12.0. The van der Waals surface area contributed by atoms with Crippen molar-refractivity contribution in [1.29, 1.82) is 0 Å². The Bertz CT molecular complexity index is 539. The Labute approximate surface area is 121 Å². The maximum atomic E-state index is 6.15. The molecular formula is C13H12Cl3NO. The fraction of sp³-hybridized carbons (Fsp3) is 0.231. The Hall–Kier alpha value is -0.670. The zero-order valence-electron chi connectivity index (χ0n) is 9.71. The lowest BCUT2D eigenvalue weighted by atomic mass is 10.0. The van der Waals surface area contributed by atoms with E-state index in [0.717, 1.165) is 11.3 Å². The lowest BCUT2D eigenvalue weighted by Gasteiger charge is -2.14. The summed E-state index contributed by atoms with van der Waals surface area (Å²) in [6.45, 7) is 0. The van der Waals surface area contributed by atoms with Gasteiger partial charge in [-0.1, -0.05) is 29.3 Å². The van der Waals surface area contributed by atoms with E-state index in [1.807, 2.05) is 25.2 Å². The van der Waals surface area contributed by atoms with Crippen LogP contribution < -0.4 is 5.32 Å². The molecular weight excluding hydrogens is 293 g/mol. The molecule has 0 aliphatic rings. The van der Waals surface area contributed by atoms with Crippen LogP contribution in [-0.4, -0.2) is 7.05 Å². The fourth-order valence-corrected chi connectivity index (χ4v) is 2.41. The van der Waals surface area contributed by atoms with Crippen LogP contribution in [0, 0.1) is 0 Å². The van der Waals surface area contributed by atoms with Gasteiger partial charge in [0.15, 0.2) is 5.22 Å². The van der Waals surface area contributed by atoms with Crippen LogP contribution in [0.3, 0.4) is 0 Å². The number of nitrogens with one attached hydrogen (secondary N) is 1. The molecule has 1 aromatic carbocycles. The van der Waals surface area contributed by atoms with Gasteiger partial charge in [-0.15, -0.1) is 0 Å². The molecule has 5 heteroatoms. The topological polar surface area (TPSA) is 25.2 Å². The van der Waals surface area contributed by atoms with Gasteiger partial charge in [0.2, 0.25) is 0 Å². The number of hydrogen-bond acceptors (Lipinski definition) is 2.